The molecule has 1 aromatic carbocycles. The number of hydrogen-bond acceptors (Lipinski definition) is 5. The number of unbranched alkanes of at least 4 members (excludes halogenated alkanes) is 1. The van der Waals surface area contributed by atoms with Crippen LogP contribution in [0.4, 0.5) is 5.69 Å². The molecule has 0 aromatic heterocycles. The lowest BCUT2D eigenvalue weighted by atomic mass is 10.2. The van der Waals surface area contributed by atoms with Crippen LogP contribution >= 0.6 is 0 Å². The van der Waals surface area contributed by atoms with Crippen LogP contribution in [-0.4, -0.2) is 19.9 Å². The van der Waals surface area contributed by atoms with Crippen molar-refractivity contribution in [2.45, 2.75) is 24.7 Å². The Kier molecular flexibility index (Phi) is 5.07. The second-order valence-electron chi connectivity index (χ2n) is 4.05. The van der Waals surface area contributed by atoms with Crippen LogP contribution in [0.25, 0.3) is 0 Å². The summed E-state index contributed by atoms with van der Waals surface area (Å²) in [6, 6.07) is 2.12. The molecule has 7 nitrogen and oxygen atoms in total. The minimum atomic E-state index is -4.12. The van der Waals surface area contributed by atoms with Crippen LogP contribution in [0.15, 0.2) is 17.0 Å². The van der Waals surface area contributed by atoms with Crippen molar-refractivity contribution in [1.29, 1.82) is 0 Å². The van der Waals surface area contributed by atoms with E-state index in [1.54, 1.807) is 0 Å². The van der Waals surface area contributed by atoms with Crippen LogP contribution in [0.1, 0.15) is 18.4 Å². The summed E-state index contributed by atoms with van der Waals surface area (Å²) >= 11 is 0. The number of non-ortho nitro benzene ring substituents is 1. The summed E-state index contributed by atoms with van der Waals surface area (Å²) in [5.74, 6) is 2.45. The van der Waals surface area contributed by atoms with E-state index in [0.29, 0.717) is 18.4 Å². The van der Waals surface area contributed by atoms with Gasteiger partial charge in [-0.15, -0.1) is 12.3 Å². The van der Waals surface area contributed by atoms with E-state index in [4.69, 9.17) is 16.3 Å². The minimum Gasteiger partial charge on any atom is -0.492 e. The van der Waals surface area contributed by atoms with E-state index < -0.39 is 19.8 Å². The number of nitro benzene ring substituents is 1. The number of sulfonamides is 1. The average molecular weight is 298 g/mol. The van der Waals surface area contributed by atoms with Gasteiger partial charge in [0.15, 0.2) is 0 Å². The number of nitrogens with two attached hydrogens (primary N) is 1. The van der Waals surface area contributed by atoms with Crippen LogP contribution < -0.4 is 9.88 Å². The zero-order valence-corrected chi connectivity index (χ0v) is 11.6. The molecule has 1 aromatic rings. The Morgan fingerprint density at radius 3 is 2.65 bits per heavy atom. The Labute approximate surface area is 116 Å². The highest BCUT2D eigenvalue weighted by atomic mass is 32.2. The Balaban J connectivity index is 3.22. The molecule has 2 N–H and O–H groups in total. The molecule has 0 unspecified atom stereocenters. The molecule has 1 rings (SSSR count). The number of aryl methyl sites for hydroxylation is 1. The predicted molar refractivity (Wildman–Crippen MR) is 72.8 cm³/mol. The normalized spacial score (nSPS) is 10.8. The number of primary sulfonamides is 1. The third-order valence-corrected chi connectivity index (χ3v) is 3.37. The number of terminal acetylenes is 1. The van der Waals surface area contributed by atoms with Crippen molar-refractivity contribution in [3.05, 3.63) is 27.8 Å². The van der Waals surface area contributed by atoms with Crippen molar-refractivity contribution in [1.82, 2.24) is 0 Å². The molecule has 0 atom stereocenters. The van der Waals surface area contributed by atoms with Crippen molar-refractivity contribution >= 4 is 15.7 Å². The Morgan fingerprint density at radius 2 is 2.15 bits per heavy atom. The van der Waals surface area contributed by atoms with Gasteiger partial charge >= 0.3 is 0 Å². The minimum absolute atomic E-state index is 0.0233. The lowest BCUT2D eigenvalue weighted by molar-refractivity contribution is -0.385. The zero-order chi connectivity index (χ0) is 15.3. The molecule has 8 heteroatoms. The van der Waals surface area contributed by atoms with Gasteiger partial charge in [0.2, 0.25) is 10.0 Å². The molecule has 0 aliphatic carbocycles. The van der Waals surface area contributed by atoms with Gasteiger partial charge in [-0.2, -0.15) is 0 Å². The lowest BCUT2D eigenvalue weighted by Gasteiger charge is -2.12. The number of hydrogen-bond donors (Lipinski definition) is 1. The standard InChI is InChI=1S/C12H14N2O5S/c1-3-4-5-6-19-12-9(2)7-10(14(15)16)8-11(12)20(13,17)18/h1,7-8H,4-6H2,2H3,(H2,13,17,18). The first-order chi connectivity index (χ1) is 9.27. The third kappa shape index (κ3) is 3.94. The molecule has 0 saturated heterocycles. The fraction of sp³-hybridized carbons (Fsp3) is 0.333. The van der Waals surface area contributed by atoms with E-state index in [2.05, 4.69) is 5.92 Å². The van der Waals surface area contributed by atoms with Crippen molar-refractivity contribution in [3.63, 3.8) is 0 Å². The van der Waals surface area contributed by atoms with E-state index in [9.17, 15) is 18.5 Å². The average Bonchev–Trinajstić information content (AvgIpc) is 2.34. The third-order valence-electron chi connectivity index (χ3n) is 2.45. The summed E-state index contributed by atoms with van der Waals surface area (Å²) in [6.45, 7) is 1.71. The van der Waals surface area contributed by atoms with Gasteiger partial charge in [-0.1, -0.05) is 0 Å². The van der Waals surface area contributed by atoms with Crippen molar-refractivity contribution < 1.29 is 18.1 Å². The molecule has 0 aliphatic rings. The maximum absolute atomic E-state index is 11.5. The van der Waals surface area contributed by atoms with Gasteiger partial charge in [-0.3, -0.25) is 10.1 Å². The molecular weight excluding hydrogens is 284 g/mol. The summed E-state index contributed by atoms with van der Waals surface area (Å²) in [4.78, 5) is 9.66. The van der Waals surface area contributed by atoms with Gasteiger partial charge < -0.3 is 4.74 Å². The van der Waals surface area contributed by atoms with Gasteiger partial charge in [-0.05, 0) is 18.9 Å². The Morgan fingerprint density at radius 1 is 1.50 bits per heavy atom. The number of rotatable bonds is 6. The quantitative estimate of drug-likeness (QED) is 0.368. The summed E-state index contributed by atoms with van der Waals surface area (Å²) in [6.07, 6.45) is 6.12. The predicted octanol–water partition coefficient (Wildman–Crippen LogP) is 1.34. The number of benzene rings is 1. The van der Waals surface area contributed by atoms with Crippen LogP contribution in [-0.2, 0) is 10.0 Å². The number of nitro groups is 1. The van der Waals surface area contributed by atoms with Crippen LogP contribution in [0.5, 0.6) is 5.75 Å². The topological polar surface area (TPSA) is 113 Å². The summed E-state index contributed by atoms with van der Waals surface area (Å²) in [5.41, 5.74) is -0.0357. The SMILES string of the molecule is C#CCCCOc1c(C)cc([N+](=O)[O-])cc1S(N)(=O)=O. The van der Waals surface area contributed by atoms with Crippen molar-refractivity contribution in [3.8, 4) is 18.1 Å². The summed E-state index contributed by atoms with van der Waals surface area (Å²) in [5, 5.41) is 15.8. The van der Waals surface area contributed by atoms with Crippen LogP contribution in [0, 0.1) is 29.4 Å². The monoisotopic (exact) mass is 298 g/mol. The van der Waals surface area contributed by atoms with E-state index in [0.717, 1.165) is 6.07 Å². The summed E-state index contributed by atoms with van der Waals surface area (Å²) in [7, 11) is -4.12. The smallest absolute Gasteiger partial charge is 0.271 e. The fourth-order valence-electron chi connectivity index (χ4n) is 1.57. The molecule has 0 amide bonds. The summed E-state index contributed by atoms with van der Waals surface area (Å²) < 4.78 is 28.4. The van der Waals surface area contributed by atoms with Crippen molar-refractivity contribution in [2.24, 2.45) is 5.14 Å². The van der Waals surface area contributed by atoms with E-state index in [1.165, 1.54) is 13.0 Å². The van der Waals surface area contributed by atoms with E-state index >= 15 is 0 Å². The molecule has 0 radical (unpaired) electrons. The molecule has 20 heavy (non-hydrogen) atoms. The second-order valence-corrected chi connectivity index (χ2v) is 5.58. The largest absolute Gasteiger partial charge is 0.492 e. The number of ether oxygens (including phenoxy) is 1. The molecule has 0 aliphatic heterocycles. The molecule has 0 saturated carbocycles. The molecule has 0 bridgehead atoms. The first kappa shape index (κ1) is 15.9. The molecule has 0 fully saturated rings. The van der Waals surface area contributed by atoms with Gasteiger partial charge in [0.1, 0.15) is 10.6 Å². The van der Waals surface area contributed by atoms with Gasteiger partial charge in [0.25, 0.3) is 5.69 Å². The van der Waals surface area contributed by atoms with Gasteiger partial charge in [0.05, 0.1) is 11.5 Å². The van der Waals surface area contributed by atoms with Gasteiger partial charge in [-0.25, -0.2) is 13.6 Å². The fourth-order valence-corrected chi connectivity index (χ4v) is 2.34. The maximum atomic E-state index is 11.5. The molecule has 0 heterocycles. The molecule has 108 valence electrons. The Bertz CT molecular complexity index is 661. The Hall–Kier alpha value is -2.11. The maximum Gasteiger partial charge on any atom is 0.271 e. The zero-order valence-electron chi connectivity index (χ0n) is 10.8. The first-order valence-electron chi connectivity index (χ1n) is 5.65. The highest BCUT2D eigenvalue weighted by molar-refractivity contribution is 7.89. The highest BCUT2D eigenvalue weighted by Gasteiger charge is 2.22. The van der Waals surface area contributed by atoms with Crippen molar-refractivity contribution in [2.75, 3.05) is 6.61 Å². The van der Waals surface area contributed by atoms with Crippen LogP contribution in [0.2, 0.25) is 0 Å². The molecular formula is C12H14N2O5S. The van der Waals surface area contributed by atoms with Gasteiger partial charge in [0, 0.05) is 18.6 Å². The van der Waals surface area contributed by atoms with E-state index in [-0.39, 0.29) is 18.0 Å². The second kappa shape index (κ2) is 6.36. The number of nitrogens with zero attached hydrogens (tertiary/aromatic N) is 1. The van der Waals surface area contributed by atoms with Crippen LogP contribution in [0.3, 0.4) is 0 Å². The molecule has 0 spiro atoms. The van der Waals surface area contributed by atoms with E-state index in [1.807, 2.05) is 0 Å². The first-order valence-corrected chi connectivity index (χ1v) is 7.20. The highest BCUT2D eigenvalue weighted by Crippen LogP contribution is 2.31. The lowest BCUT2D eigenvalue weighted by Crippen LogP contribution is -2.15.